The predicted octanol–water partition coefficient (Wildman–Crippen LogP) is 4.08. The van der Waals surface area contributed by atoms with Crippen LogP contribution in [-0.4, -0.2) is 9.97 Å². The van der Waals surface area contributed by atoms with Crippen LogP contribution in [0.3, 0.4) is 0 Å². The summed E-state index contributed by atoms with van der Waals surface area (Å²) >= 11 is 0. The molecule has 24 heavy (non-hydrogen) atoms. The summed E-state index contributed by atoms with van der Waals surface area (Å²) in [5.74, 6) is 0.604. The molecule has 0 saturated heterocycles. The van der Waals surface area contributed by atoms with E-state index >= 15 is 0 Å². The number of aromatic amines is 1. The molecule has 4 nitrogen and oxygen atoms in total. The zero-order valence-electron chi connectivity index (χ0n) is 13.4. The van der Waals surface area contributed by atoms with Crippen LogP contribution in [0.2, 0.25) is 0 Å². The fraction of sp³-hybridized carbons (Fsp3) is 0.150. The number of aryl methyl sites for hydroxylation is 3. The number of rotatable bonds is 4. The lowest BCUT2D eigenvalue weighted by atomic mass is 10.1. The van der Waals surface area contributed by atoms with Crippen LogP contribution in [0.5, 0.6) is 0 Å². The summed E-state index contributed by atoms with van der Waals surface area (Å²) in [6, 6.07) is 17.6. The molecule has 118 valence electrons. The van der Waals surface area contributed by atoms with Gasteiger partial charge in [-0.3, -0.25) is 4.79 Å². The minimum atomic E-state index is -0.377. The number of aromatic nitrogens is 2. The van der Waals surface area contributed by atoms with Crippen molar-refractivity contribution in [3.05, 3.63) is 93.3 Å². The van der Waals surface area contributed by atoms with Gasteiger partial charge in [0.05, 0.1) is 12.3 Å². The van der Waals surface area contributed by atoms with E-state index in [4.69, 9.17) is 6.57 Å². The van der Waals surface area contributed by atoms with Crippen LogP contribution in [0.4, 0.5) is 5.69 Å². The molecule has 0 aliphatic carbocycles. The average Bonchev–Trinajstić information content (AvgIpc) is 2.60. The Labute approximate surface area is 140 Å². The lowest BCUT2D eigenvalue weighted by Gasteiger charge is -2.07. The third kappa shape index (κ3) is 3.41. The van der Waals surface area contributed by atoms with Crippen LogP contribution in [0.25, 0.3) is 16.1 Å². The summed E-state index contributed by atoms with van der Waals surface area (Å²) in [7, 11) is 0. The van der Waals surface area contributed by atoms with E-state index in [1.807, 2.05) is 36.4 Å². The first kappa shape index (κ1) is 15.7. The third-order valence-electron chi connectivity index (χ3n) is 3.84. The van der Waals surface area contributed by atoms with Gasteiger partial charge < -0.3 is 4.98 Å². The highest BCUT2D eigenvalue weighted by atomic mass is 16.1. The van der Waals surface area contributed by atoms with Crippen molar-refractivity contribution in [3.63, 3.8) is 0 Å². The largest absolute Gasteiger partial charge is 0.320 e. The molecule has 0 aliphatic rings. The van der Waals surface area contributed by atoms with Crippen LogP contribution >= 0.6 is 0 Å². The fourth-order valence-corrected chi connectivity index (χ4v) is 2.66. The van der Waals surface area contributed by atoms with Crippen molar-refractivity contribution >= 4 is 5.69 Å². The Balaban J connectivity index is 1.94. The normalized spacial score (nSPS) is 10.3. The van der Waals surface area contributed by atoms with Gasteiger partial charge in [0, 0.05) is 6.42 Å². The number of nitrogens with zero attached hydrogens (tertiary/aromatic N) is 2. The van der Waals surface area contributed by atoms with Gasteiger partial charge in [-0.05, 0) is 24.5 Å². The quantitative estimate of drug-likeness (QED) is 0.737. The van der Waals surface area contributed by atoms with Crippen LogP contribution in [0.15, 0.2) is 59.4 Å². The molecule has 1 heterocycles. The van der Waals surface area contributed by atoms with Gasteiger partial charge in [-0.15, -0.1) is 0 Å². The molecule has 0 radical (unpaired) electrons. The highest BCUT2D eigenvalue weighted by Crippen LogP contribution is 2.24. The second kappa shape index (κ2) is 6.93. The smallest absolute Gasteiger partial charge is 0.276 e. The Bertz CT molecular complexity index is 953. The first-order valence-corrected chi connectivity index (χ1v) is 7.79. The summed E-state index contributed by atoms with van der Waals surface area (Å²) in [6.07, 6.45) is 1.41. The Morgan fingerprint density at radius 3 is 2.58 bits per heavy atom. The highest BCUT2D eigenvalue weighted by molar-refractivity contribution is 5.73. The summed E-state index contributed by atoms with van der Waals surface area (Å²) < 4.78 is 0. The van der Waals surface area contributed by atoms with E-state index in [2.05, 4.69) is 39.9 Å². The van der Waals surface area contributed by atoms with E-state index in [1.54, 1.807) is 0 Å². The maximum atomic E-state index is 12.2. The Kier molecular flexibility index (Phi) is 4.53. The molecule has 1 aromatic heterocycles. The molecule has 0 atom stereocenters. The van der Waals surface area contributed by atoms with Crippen molar-refractivity contribution in [1.82, 2.24) is 9.97 Å². The van der Waals surface area contributed by atoms with Gasteiger partial charge in [-0.25, -0.2) is 9.83 Å². The van der Waals surface area contributed by atoms with Gasteiger partial charge in [0.25, 0.3) is 11.2 Å². The molecule has 0 aliphatic heterocycles. The molecular formula is C20H17N3O. The van der Waals surface area contributed by atoms with Crippen LogP contribution in [0.1, 0.15) is 17.0 Å². The molecule has 3 aromatic rings. The first-order chi connectivity index (χ1) is 11.7. The molecule has 0 spiro atoms. The van der Waals surface area contributed by atoms with Crippen molar-refractivity contribution in [3.8, 4) is 11.3 Å². The van der Waals surface area contributed by atoms with Crippen molar-refractivity contribution < 1.29 is 0 Å². The minimum absolute atomic E-state index is 0.0421. The maximum absolute atomic E-state index is 12.2. The third-order valence-corrected chi connectivity index (χ3v) is 3.84. The van der Waals surface area contributed by atoms with E-state index in [0.717, 1.165) is 12.0 Å². The monoisotopic (exact) mass is 315 g/mol. The molecule has 0 saturated carbocycles. The topological polar surface area (TPSA) is 50.1 Å². The Hall–Kier alpha value is -3.19. The van der Waals surface area contributed by atoms with Gasteiger partial charge in [0.1, 0.15) is 5.82 Å². The Morgan fingerprint density at radius 2 is 1.88 bits per heavy atom. The van der Waals surface area contributed by atoms with Crippen LogP contribution in [-0.2, 0) is 12.8 Å². The molecule has 0 amide bonds. The molecule has 3 rings (SSSR count). The second-order valence-electron chi connectivity index (χ2n) is 5.68. The van der Waals surface area contributed by atoms with Gasteiger partial charge in [-0.2, -0.15) is 0 Å². The summed E-state index contributed by atoms with van der Waals surface area (Å²) in [5, 5.41) is 0. The van der Waals surface area contributed by atoms with Crippen molar-refractivity contribution in [1.29, 1.82) is 0 Å². The first-order valence-electron chi connectivity index (χ1n) is 7.79. The number of nitrogens with one attached hydrogen (secondary N) is 1. The van der Waals surface area contributed by atoms with E-state index in [1.165, 1.54) is 11.1 Å². The molecule has 0 fully saturated rings. The second-order valence-corrected chi connectivity index (χ2v) is 5.68. The zero-order chi connectivity index (χ0) is 16.9. The van der Waals surface area contributed by atoms with Crippen molar-refractivity contribution in [2.45, 2.75) is 19.8 Å². The standard InChI is InChI=1S/C20H17N3O/c1-14-7-6-8-15(13-14)11-12-17-22-18(16-9-4-3-5-10-16)19(21-2)20(24)23-17/h3-10,13H,11-12H2,1H3,(H,22,23,24). The lowest BCUT2D eigenvalue weighted by molar-refractivity contribution is 0.851. The van der Waals surface area contributed by atoms with E-state index < -0.39 is 0 Å². The van der Waals surface area contributed by atoms with Gasteiger partial charge in [-0.1, -0.05) is 60.2 Å². The SMILES string of the molecule is [C-]#[N+]c1c(-c2ccccc2)nc(CCc2cccc(C)c2)[nH]c1=O. The summed E-state index contributed by atoms with van der Waals surface area (Å²) in [6.45, 7) is 9.33. The molecule has 0 bridgehead atoms. The zero-order valence-corrected chi connectivity index (χ0v) is 13.4. The molecule has 0 unspecified atom stereocenters. The van der Waals surface area contributed by atoms with Crippen LogP contribution in [0, 0.1) is 13.5 Å². The Morgan fingerprint density at radius 1 is 1.08 bits per heavy atom. The number of H-pyrrole nitrogens is 1. The van der Waals surface area contributed by atoms with Crippen LogP contribution < -0.4 is 5.56 Å². The number of hydrogen-bond donors (Lipinski definition) is 1. The highest BCUT2D eigenvalue weighted by Gasteiger charge is 2.13. The summed E-state index contributed by atoms with van der Waals surface area (Å²) in [4.78, 5) is 22.9. The fourth-order valence-electron chi connectivity index (χ4n) is 2.66. The van der Waals surface area contributed by atoms with E-state index in [0.29, 0.717) is 17.9 Å². The van der Waals surface area contributed by atoms with Crippen molar-refractivity contribution in [2.24, 2.45) is 0 Å². The van der Waals surface area contributed by atoms with Gasteiger partial charge in [0.2, 0.25) is 0 Å². The number of hydrogen-bond acceptors (Lipinski definition) is 2. The van der Waals surface area contributed by atoms with Crippen molar-refractivity contribution in [2.75, 3.05) is 0 Å². The number of benzene rings is 2. The molecule has 2 aromatic carbocycles. The molecule has 4 heteroatoms. The van der Waals surface area contributed by atoms with E-state index in [-0.39, 0.29) is 11.2 Å². The molecule has 1 N–H and O–H groups in total. The maximum Gasteiger partial charge on any atom is 0.276 e. The molecular weight excluding hydrogens is 298 g/mol. The lowest BCUT2D eigenvalue weighted by Crippen LogP contribution is -2.13. The minimum Gasteiger partial charge on any atom is -0.320 e. The van der Waals surface area contributed by atoms with Gasteiger partial charge in [0.15, 0.2) is 0 Å². The van der Waals surface area contributed by atoms with E-state index in [9.17, 15) is 4.79 Å². The average molecular weight is 315 g/mol. The summed E-state index contributed by atoms with van der Waals surface area (Å²) in [5.41, 5.74) is 3.31. The van der Waals surface area contributed by atoms with Gasteiger partial charge >= 0.3 is 0 Å². The predicted molar refractivity (Wildman–Crippen MR) is 95.1 cm³/mol.